The summed E-state index contributed by atoms with van der Waals surface area (Å²) in [5, 5.41) is 4.48. The van der Waals surface area contributed by atoms with Crippen LogP contribution in [0, 0.1) is 0 Å². The maximum absolute atomic E-state index is 4.44. The Hall–Kier alpha value is -0.650. The van der Waals surface area contributed by atoms with E-state index in [1.54, 1.807) is 0 Å². The van der Waals surface area contributed by atoms with Crippen molar-refractivity contribution in [3.05, 3.63) is 23.9 Å². The van der Waals surface area contributed by atoms with Crippen LogP contribution in [-0.2, 0) is 0 Å². The molecular formula is C13H19N3S2. The predicted molar refractivity (Wildman–Crippen MR) is 80.1 cm³/mol. The predicted octanol–water partition coefficient (Wildman–Crippen LogP) is 3.36. The van der Waals surface area contributed by atoms with Crippen LogP contribution < -0.4 is 5.32 Å². The molecule has 3 nitrogen and oxygen atoms in total. The van der Waals surface area contributed by atoms with Gasteiger partial charge in [-0.3, -0.25) is 0 Å². The summed E-state index contributed by atoms with van der Waals surface area (Å²) in [5.74, 6) is 1.08. The Balaban J connectivity index is 1.91. The number of aromatic nitrogens is 2. The minimum absolute atomic E-state index is 0.925. The summed E-state index contributed by atoms with van der Waals surface area (Å²) >= 11 is 3.14. The highest BCUT2D eigenvalue weighted by atomic mass is 32.2. The molecule has 0 aliphatic carbocycles. The third kappa shape index (κ3) is 3.93. The highest BCUT2D eigenvalue weighted by molar-refractivity contribution is 7.99. The Kier molecular flexibility index (Phi) is 5.90. The van der Waals surface area contributed by atoms with Crippen molar-refractivity contribution in [2.75, 3.05) is 18.8 Å². The van der Waals surface area contributed by atoms with Crippen molar-refractivity contribution >= 4 is 29.1 Å². The van der Waals surface area contributed by atoms with Gasteiger partial charge >= 0.3 is 0 Å². The van der Waals surface area contributed by atoms with E-state index in [-0.39, 0.29) is 0 Å². The molecule has 0 atom stereocenters. The minimum atomic E-state index is 0.925. The molecule has 1 aromatic rings. The first-order valence-corrected chi connectivity index (χ1v) is 8.14. The Morgan fingerprint density at radius 2 is 2.39 bits per heavy atom. The normalized spacial score (nSPS) is 16.2. The Morgan fingerprint density at radius 1 is 1.44 bits per heavy atom. The van der Waals surface area contributed by atoms with Crippen LogP contribution in [-0.4, -0.2) is 27.6 Å². The third-order valence-electron chi connectivity index (χ3n) is 2.72. The lowest BCUT2D eigenvalue weighted by molar-refractivity contribution is 0.736. The maximum atomic E-state index is 4.44. The number of rotatable bonds is 6. The summed E-state index contributed by atoms with van der Waals surface area (Å²) in [6.07, 6.45) is 10.1. The van der Waals surface area contributed by atoms with Crippen LogP contribution in [0.2, 0.25) is 0 Å². The van der Waals surface area contributed by atoms with Gasteiger partial charge < -0.3 is 5.32 Å². The molecule has 1 N–H and O–H groups in total. The monoisotopic (exact) mass is 281 g/mol. The molecular weight excluding hydrogens is 262 g/mol. The smallest absolute Gasteiger partial charge is 0.138 e. The molecule has 98 valence electrons. The molecule has 0 bridgehead atoms. The van der Waals surface area contributed by atoms with Gasteiger partial charge in [-0.05, 0) is 31.4 Å². The number of nitrogens with one attached hydrogen (secondary N) is 1. The Morgan fingerprint density at radius 3 is 3.17 bits per heavy atom. The second-order valence-electron chi connectivity index (χ2n) is 4.13. The minimum Gasteiger partial charge on any atom is -0.312 e. The van der Waals surface area contributed by atoms with Crippen LogP contribution in [0.5, 0.6) is 0 Å². The maximum Gasteiger partial charge on any atom is 0.138 e. The molecule has 0 fully saturated rings. The fourth-order valence-corrected chi connectivity index (χ4v) is 3.42. The largest absolute Gasteiger partial charge is 0.312 e. The standard InChI is InChI=1S/C13H19N3S2/c1-2-3-4-5-9-17-13-12(15-18-16-13)11-7-6-8-14-10-11/h3-4,7,14H,2,5-6,8-10H2,1H3/b4-3-. The molecule has 1 aliphatic rings. The zero-order chi connectivity index (χ0) is 12.6. The van der Waals surface area contributed by atoms with Crippen molar-refractivity contribution in [2.24, 2.45) is 0 Å². The number of hydrogen-bond donors (Lipinski definition) is 1. The molecule has 2 heterocycles. The van der Waals surface area contributed by atoms with Crippen molar-refractivity contribution in [3.63, 3.8) is 0 Å². The molecule has 5 heteroatoms. The van der Waals surface area contributed by atoms with Crippen molar-refractivity contribution < 1.29 is 0 Å². The van der Waals surface area contributed by atoms with Crippen LogP contribution in [0.15, 0.2) is 23.3 Å². The first-order valence-electron chi connectivity index (χ1n) is 6.42. The van der Waals surface area contributed by atoms with Gasteiger partial charge in [0.25, 0.3) is 0 Å². The van der Waals surface area contributed by atoms with E-state index in [9.17, 15) is 0 Å². The topological polar surface area (TPSA) is 37.8 Å². The van der Waals surface area contributed by atoms with E-state index in [2.05, 4.69) is 39.2 Å². The quantitative estimate of drug-likeness (QED) is 0.493. The highest BCUT2D eigenvalue weighted by Crippen LogP contribution is 2.27. The Labute approximate surface area is 117 Å². The molecule has 0 saturated heterocycles. The van der Waals surface area contributed by atoms with Crippen molar-refractivity contribution in [1.82, 2.24) is 14.1 Å². The van der Waals surface area contributed by atoms with Crippen molar-refractivity contribution in [2.45, 2.75) is 31.2 Å². The van der Waals surface area contributed by atoms with Gasteiger partial charge in [0, 0.05) is 12.3 Å². The molecule has 18 heavy (non-hydrogen) atoms. The molecule has 0 spiro atoms. The van der Waals surface area contributed by atoms with E-state index in [1.807, 2.05) is 11.8 Å². The van der Waals surface area contributed by atoms with E-state index < -0.39 is 0 Å². The SMILES string of the molecule is CC/C=C\CCSc1nsnc1C1=CCCNC1. The summed E-state index contributed by atoms with van der Waals surface area (Å²) in [6.45, 7) is 4.16. The molecule has 0 amide bonds. The molecule has 0 radical (unpaired) electrons. The van der Waals surface area contributed by atoms with E-state index in [0.29, 0.717) is 0 Å². The second kappa shape index (κ2) is 7.71. The zero-order valence-electron chi connectivity index (χ0n) is 10.7. The summed E-state index contributed by atoms with van der Waals surface area (Å²) in [4.78, 5) is 0. The lowest BCUT2D eigenvalue weighted by Gasteiger charge is -2.12. The van der Waals surface area contributed by atoms with Crippen molar-refractivity contribution in [3.8, 4) is 0 Å². The number of thioether (sulfide) groups is 1. The van der Waals surface area contributed by atoms with E-state index >= 15 is 0 Å². The molecule has 2 rings (SSSR count). The zero-order valence-corrected chi connectivity index (χ0v) is 12.3. The Bertz CT molecular complexity index is 424. The first kappa shape index (κ1) is 13.8. The van der Waals surface area contributed by atoms with Gasteiger partial charge in [-0.2, -0.15) is 8.75 Å². The summed E-state index contributed by atoms with van der Waals surface area (Å²) < 4.78 is 8.85. The summed E-state index contributed by atoms with van der Waals surface area (Å²) in [6, 6.07) is 0. The van der Waals surface area contributed by atoms with Gasteiger partial charge in [0.05, 0.1) is 11.7 Å². The fourth-order valence-electron chi connectivity index (χ4n) is 1.80. The summed E-state index contributed by atoms with van der Waals surface area (Å²) in [7, 11) is 0. The molecule has 0 aromatic carbocycles. The highest BCUT2D eigenvalue weighted by Gasteiger charge is 2.14. The van der Waals surface area contributed by atoms with E-state index in [1.165, 1.54) is 17.3 Å². The van der Waals surface area contributed by atoms with Crippen LogP contribution in [0.4, 0.5) is 0 Å². The fraction of sp³-hybridized carbons (Fsp3) is 0.538. The van der Waals surface area contributed by atoms with Gasteiger partial charge in [-0.15, -0.1) is 11.8 Å². The average Bonchev–Trinajstić information content (AvgIpc) is 2.88. The molecule has 0 unspecified atom stereocenters. The third-order valence-corrected chi connectivity index (χ3v) is 4.36. The first-order chi connectivity index (χ1) is 8.92. The van der Waals surface area contributed by atoms with Gasteiger partial charge in [-0.25, -0.2) is 0 Å². The second-order valence-corrected chi connectivity index (χ2v) is 5.74. The van der Waals surface area contributed by atoms with Gasteiger partial charge in [-0.1, -0.05) is 25.2 Å². The number of hydrogen-bond acceptors (Lipinski definition) is 5. The van der Waals surface area contributed by atoms with Gasteiger partial charge in [0.15, 0.2) is 0 Å². The number of nitrogens with zero attached hydrogens (tertiary/aromatic N) is 2. The van der Waals surface area contributed by atoms with Crippen molar-refractivity contribution in [1.29, 1.82) is 0 Å². The summed E-state index contributed by atoms with van der Waals surface area (Å²) in [5.41, 5.74) is 2.40. The molecule has 0 saturated carbocycles. The van der Waals surface area contributed by atoms with Gasteiger partial charge in [0.2, 0.25) is 0 Å². The van der Waals surface area contributed by atoms with Crippen LogP contribution >= 0.6 is 23.5 Å². The lowest BCUT2D eigenvalue weighted by Crippen LogP contribution is -2.21. The molecule has 1 aromatic heterocycles. The van der Waals surface area contributed by atoms with E-state index in [0.717, 1.165) is 48.8 Å². The van der Waals surface area contributed by atoms with Crippen LogP contribution in [0.3, 0.4) is 0 Å². The lowest BCUT2D eigenvalue weighted by atomic mass is 10.1. The number of allylic oxidation sites excluding steroid dienone is 2. The van der Waals surface area contributed by atoms with E-state index in [4.69, 9.17) is 0 Å². The van der Waals surface area contributed by atoms with Crippen LogP contribution in [0.1, 0.15) is 31.9 Å². The average molecular weight is 281 g/mol. The van der Waals surface area contributed by atoms with Crippen LogP contribution in [0.25, 0.3) is 5.57 Å². The molecule has 1 aliphatic heterocycles. The van der Waals surface area contributed by atoms with Gasteiger partial charge in [0.1, 0.15) is 10.7 Å².